The number of carbonyl (C=O) groups excluding carboxylic acids is 3. The molecule has 0 spiro atoms. The first-order valence-electron chi connectivity index (χ1n) is 12.5. The second-order valence-corrected chi connectivity index (χ2v) is 10.1. The Labute approximate surface area is 229 Å². The zero-order valence-corrected chi connectivity index (χ0v) is 22.0. The number of rotatable bonds is 8. The van der Waals surface area contributed by atoms with Crippen LogP contribution in [0.5, 0.6) is 0 Å². The first-order valence-corrected chi connectivity index (χ1v) is 13.5. The maximum Gasteiger partial charge on any atom is 0.259 e. The standard InChI is InChI=1S/C29H26FN5O3S/c1-18-6-2-4-8-22(18)32-26(37)17-39-29-34-23-9-5-3-7-21(23)27-33-24(28(38)35(27)29)14-15-25(36)31-16-19-10-12-20(30)13-11-19/h2-13,24H,14-17H2,1H3,(H,31,36)(H,32,37)/t24-/m1/s1. The molecule has 198 valence electrons. The number of aliphatic imine (C=N–C) groups is 2. The quantitative estimate of drug-likeness (QED) is 0.435. The van der Waals surface area contributed by atoms with Crippen molar-refractivity contribution in [2.75, 3.05) is 11.1 Å². The number of thioether (sulfide) groups is 1. The average molecular weight is 544 g/mol. The van der Waals surface area contributed by atoms with Crippen molar-refractivity contribution in [2.24, 2.45) is 9.98 Å². The smallest absolute Gasteiger partial charge is 0.259 e. The number of nitrogens with one attached hydrogen (secondary N) is 2. The molecule has 0 radical (unpaired) electrons. The molecule has 0 aromatic heterocycles. The van der Waals surface area contributed by atoms with Crippen LogP contribution < -0.4 is 10.6 Å². The van der Waals surface area contributed by atoms with Gasteiger partial charge in [0, 0.05) is 24.2 Å². The first kappa shape index (κ1) is 26.3. The minimum Gasteiger partial charge on any atom is -0.352 e. The number of nitrogens with zero attached hydrogens (tertiary/aromatic N) is 3. The molecule has 2 aliphatic heterocycles. The van der Waals surface area contributed by atoms with Crippen LogP contribution in [0.2, 0.25) is 0 Å². The highest BCUT2D eigenvalue weighted by atomic mass is 32.2. The van der Waals surface area contributed by atoms with Gasteiger partial charge < -0.3 is 10.6 Å². The maximum absolute atomic E-state index is 13.4. The topological polar surface area (TPSA) is 103 Å². The molecule has 1 atom stereocenters. The average Bonchev–Trinajstić information content (AvgIpc) is 3.28. The second kappa shape index (κ2) is 11.6. The van der Waals surface area contributed by atoms with Crippen LogP contribution in [0.3, 0.4) is 0 Å². The third kappa shape index (κ3) is 6.06. The Kier molecular flexibility index (Phi) is 7.83. The van der Waals surface area contributed by atoms with E-state index in [2.05, 4.69) is 20.6 Å². The van der Waals surface area contributed by atoms with Gasteiger partial charge in [0.1, 0.15) is 17.7 Å². The van der Waals surface area contributed by atoms with Crippen molar-refractivity contribution in [1.82, 2.24) is 10.2 Å². The third-order valence-corrected chi connectivity index (χ3v) is 7.29. The summed E-state index contributed by atoms with van der Waals surface area (Å²) >= 11 is 1.16. The number of carbonyl (C=O) groups is 3. The summed E-state index contributed by atoms with van der Waals surface area (Å²) in [5, 5.41) is 6.07. The van der Waals surface area contributed by atoms with Crippen LogP contribution in [-0.2, 0) is 20.9 Å². The molecule has 0 fully saturated rings. The lowest BCUT2D eigenvalue weighted by Crippen LogP contribution is -2.41. The van der Waals surface area contributed by atoms with Gasteiger partial charge in [-0.1, -0.05) is 54.2 Å². The van der Waals surface area contributed by atoms with Crippen molar-refractivity contribution in [2.45, 2.75) is 32.4 Å². The number of fused-ring (bicyclic) bond motifs is 3. The molecule has 8 nitrogen and oxygen atoms in total. The van der Waals surface area contributed by atoms with Gasteiger partial charge in [-0.05, 0) is 54.8 Å². The van der Waals surface area contributed by atoms with Crippen molar-refractivity contribution in [3.05, 3.63) is 95.3 Å². The van der Waals surface area contributed by atoms with Gasteiger partial charge in [0.05, 0.1) is 11.4 Å². The number of amidine groups is 2. The van der Waals surface area contributed by atoms with Crippen LogP contribution in [0.1, 0.15) is 29.5 Å². The zero-order chi connectivity index (χ0) is 27.4. The molecule has 0 saturated carbocycles. The maximum atomic E-state index is 13.4. The molecule has 10 heteroatoms. The normalized spacial score (nSPS) is 15.7. The van der Waals surface area contributed by atoms with E-state index in [-0.39, 0.29) is 48.7 Å². The van der Waals surface area contributed by atoms with Crippen molar-refractivity contribution in [3.8, 4) is 0 Å². The monoisotopic (exact) mass is 543 g/mol. The number of amides is 3. The molecule has 3 amide bonds. The van der Waals surface area contributed by atoms with Gasteiger partial charge in [-0.2, -0.15) is 0 Å². The zero-order valence-electron chi connectivity index (χ0n) is 21.2. The van der Waals surface area contributed by atoms with Gasteiger partial charge >= 0.3 is 0 Å². The summed E-state index contributed by atoms with van der Waals surface area (Å²) in [4.78, 5) is 49.3. The molecule has 0 unspecified atom stereocenters. The lowest BCUT2D eigenvalue weighted by molar-refractivity contribution is -0.125. The number of benzene rings is 3. The van der Waals surface area contributed by atoms with Crippen molar-refractivity contribution in [1.29, 1.82) is 0 Å². The summed E-state index contributed by atoms with van der Waals surface area (Å²) in [5.41, 5.74) is 3.85. The lowest BCUT2D eigenvalue weighted by Gasteiger charge is -2.25. The molecule has 3 aromatic carbocycles. The van der Waals surface area contributed by atoms with Crippen molar-refractivity contribution in [3.63, 3.8) is 0 Å². The summed E-state index contributed by atoms with van der Waals surface area (Å²) in [6, 6.07) is 20.1. The Morgan fingerprint density at radius 3 is 2.54 bits per heavy atom. The van der Waals surface area contributed by atoms with E-state index in [0.717, 1.165) is 34.1 Å². The van der Waals surface area contributed by atoms with E-state index < -0.39 is 6.04 Å². The predicted molar refractivity (Wildman–Crippen MR) is 150 cm³/mol. The van der Waals surface area contributed by atoms with Crippen LogP contribution in [0, 0.1) is 12.7 Å². The Balaban J connectivity index is 1.24. The van der Waals surface area contributed by atoms with Crippen LogP contribution in [0.15, 0.2) is 82.8 Å². The minimum absolute atomic E-state index is 0.0584. The molecular weight excluding hydrogens is 517 g/mol. The van der Waals surface area contributed by atoms with Crippen LogP contribution in [0.4, 0.5) is 15.8 Å². The van der Waals surface area contributed by atoms with Gasteiger partial charge in [0.25, 0.3) is 5.91 Å². The van der Waals surface area contributed by atoms with E-state index >= 15 is 0 Å². The van der Waals surface area contributed by atoms with E-state index in [0.29, 0.717) is 16.7 Å². The highest BCUT2D eigenvalue weighted by Gasteiger charge is 2.41. The SMILES string of the molecule is Cc1ccccc1NC(=O)CSC1=Nc2ccccc2C2=N[C@H](CCC(=O)NCc3ccc(F)cc3)C(=O)N12. The summed E-state index contributed by atoms with van der Waals surface area (Å²) in [6.07, 6.45) is 0.324. The fourth-order valence-corrected chi connectivity index (χ4v) is 5.08. The van der Waals surface area contributed by atoms with Crippen LogP contribution >= 0.6 is 11.8 Å². The molecule has 2 N–H and O–H groups in total. The van der Waals surface area contributed by atoms with E-state index in [1.807, 2.05) is 55.5 Å². The largest absolute Gasteiger partial charge is 0.352 e. The van der Waals surface area contributed by atoms with Gasteiger partial charge in [0.2, 0.25) is 11.8 Å². The van der Waals surface area contributed by atoms with E-state index in [1.54, 1.807) is 12.1 Å². The number of aryl methyl sites for hydroxylation is 1. The summed E-state index contributed by atoms with van der Waals surface area (Å²) in [6.45, 7) is 2.18. The molecule has 3 aromatic rings. The van der Waals surface area contributed by atoms with E-state index in [4.69, 9.17) is 0 Å². The number of hydrogen-bond acceptors (Lipinski definition) is 6. The molecule has 0 saturated heterocycles. The highest BCUT2D eigenvalue weighted by molar-refractivity contribution is 8.14. The molecule has 2 heterocycles. The Hall–Kier alpha value is -4.31. The lowest BCUT2D eigenvalue weighted by atomic mass is 10.1. The number of para-hydroxylation sites is 2. The molecule has 39 heavy (non-hydrogen) atoms. The summed E-state index contributed by atoms with van der Waals surface area (Å²) in [5.74, 6) is -0.525. The predicted octanol–water partition coefficient (Wildman–Crippen LogP) is 4.56. The second-order valence-electron chi connectivity index (χ2n) is 9.15. The molecule has 2 aliphatic rings. The molecule has 0 aliphatic carbocycles. The Bertz CT molecular complexity index is 1490. The van der Waals surface area contributed by atoms with Gasteiger partial charge in [-0.25, -0.2) is 14.3 Å². The van der Waals surface area contributed by atoms with Crippen LogP contribution in [-0.4, -0.2) is 45.4 Å². The van der Waals surface area contributed by atoms with E-state index in [1.165, 1.54) is 17.0 Å². The first-order chi connectivity index (χ1) is 18.9. The van der Waals surface area contributed by atoms with Gasteiger partial charge in [-0.15, -0.1) is 0 Å². The minimum atomic E-state index is -0.741. The summed E-state index contributed by atoms with van der Waals surface area (Å²) in [7, 11) is 0. The third-order valence-electron chi connectivity index (χ3n) is 6.35. The number of anilines is 1. The number of hydrogen-bond donors (Lipinski definition) is 2. The number of halogens is 1. The fourth-order valence-electron chi connectivity index (χ4n) is 4.28. The van der Waals surface area contributed by atoms with Crippen molar-refractivity contribution >= 4 is 51.9 Å². The Morgan fingerprint density at radius 1 is 1.00 bits per heavy atom. The van der Waals surface area contributed by atoms with Crippen molar-refractivity contribution < 1.29 is 18.8 Å². The Morgan fingerprint density at radius 2 is 1.74 bits per heavy atom. The molecule has 0 bridgehead atoms. The summed E-state index contributed by atoms with van der Waals surface area (Å²) < 4.78 is 13.1. The highest BCUT2D eigenvalue weighted by Crippen LogP contribution is 2.34. The van der Waals surface area contributed by atoms with E-state index in [9.17, 15) is 18.8 Å². The van der Waals surface area contributed by atoms with Gasteiger partial charge in [0.15, 0.2) is 5.17 Å². The molecular formula is C29H26FN5O3S. The van der Waals surface area contributed by atoms with Gasteiger partial charge in [-0.3, -0.25) is 19.4 Å². The van der Waals surface area contributed by atoms with Crippen LogP contribution in [0.25, 0.3) is 0 Å². The molecule has 5 rings (SSSR count). The fraction of sp³-hybridized carbons (Fsp3) is 0.207.